The van der Waals surface area contributed by atoms with Crippen LogP contribution in [0.25, 0.3) is 16.5 Å². The molecule has 0 fully saturated rings. The van der Waals surface area contributed by atoms with E-state index in [0.29, 0.717) is 5.82 Å². The minimum atomic E-state index is 0.543. The lowest BCUT2D eigenvalue weighted by atomic mass is 10.0. The first-order valence-electron chi connectivity index (χ1n) is 5.75. The number of nitrogens with two attached hydrogens (primary N) is 1. The molecule has 0 amide bonds. The SMILES string of the molecule is Nc1ncnc2ccc(C3=CCCNC3)cc12. The molecule has 17 heavy (non-hydrogen) atoms. The molecule has 1 aromatic carbocycles. The summed E-state index contributed by atoms with van der Waals surface area (Å²) in [7, 11) is 0. The van der Waals surface area contributed by atoms with Crippen molar-refractivity contribution in [1.82, 2.24) is 15.3 Å². The summed E-state index contributed by atoms with van der Waals surface area (Å²) in [5, 5.41) is 4.29. The van der Waals surface area contributed by atoms with Crippen LogP contribution in [0.4, 0.5) is 5.82 Å². The Kier molecular flexibility index (Phi) is 2.49. The molecule has 0 aliphatic carbocycles. The largest absolute Gasteiger partial charge is 0.383 e. The number of nitrogens with one attached hydrogen (secondary N) is 1. The molecular weight excluding hydrogens is 212 g/mol. The van der Waals surface area contributed by atoms with Crippen molar-refractivity contribution in [3.8, 4) is 0 Å². The van der Waals surface area contributed by atoms with Crippen molar-refractivity contribution < 1.29 is 0 Å². The van der Waals surface area contributed by atoms with Crippen LogP contribution in [0.5, 0.6) is 0 Å². The van der Waals surface area contributed by atoms with Crippen molar-refractivity contribution in [2.75, 3.05) is 18.8 Å². The monoisotopic (exact) mass is 226 g/mol. The van der Waals surface area contributed by atoms with Crippen LogP contribution >= 0.6 is 0 Å². The van der Waals surface area contributed by atoms with Gasteiger partial charge in [0.2, 0.25) is 0 Å². The van der Waals surface area contributed by atoms with Gasteiger partial charge in [-0.25, -0.2) is 9.97 Å². The molecule has 0 saturated carbocycles. The Morgan fingerprint density at radius 1 is 1.24 bits per heavy atom. The smallest absolute Gasteiger partial charge is 0.134 e. The lowest BCUT2D eigenvalue weighted by Crippen LogP contribution is -2.21. The summed E-state index contributed by atoms with van der Waals surface area (Å²) in [6, 6.07) is 6.16. The molecule has 0 spiro atoms. The molecule has 0 unspecified atom stereocenters. The fraction of sp³-hybridized carbons (Fsp3) is 0.231. The van der Waals surface area contributed by atoms with Gasteiger partial charge in [-0.05, 0) is 36.2 Å². The molecule has 1 aromatic heterocycles. The number of nitrogens with zero attached hydrogens (tertiary/aromatic N) is 2. The summed E-state index contributed by atoms with van der Waals surface area (Å²) in [4.78, 5) is 8.23. The summed E-state index contributed by atoms with van der Waals surface area (Å²) < 4.78 is 0. The maximum absolute atomic E-state index is 5.87. The molecule has 0 atom stereocenters. The Morgan fingerprint density at radius 2 is 2.18 bits per heavy atom. The number of anilines is 1. The third kappa shape index (κ3) is 1.87. The van der Waals surface area contributed by atoms with Crippen molar-refractivity contribution in [1.29, 1.82) is 0 Å². The van der Waals surface area contributed by atoms with Crippen LogP contribution in [0, 0.1) is 0 Å². The van der Waals surface area contributed by atoms with Gasteiger partial charge in [0.05, 0.1) is 5.52 Å². The number of benzene rings is 1. The molecular formula is C13H14N4. The third-order valence-electron chi connectivity index (χ3n) is 3.06. The zero-order chi connectivity index (χ0) is 11.7. The maximum atomic E-state index is 5.87. The van der Waals surface area contributed by atoms with Gasteiger partial charge in [0.1, 0.15) is 12.1 Å². The number of hydrogen-bond donors (Lipinski definition) is 2. The zero-order valence-corrected chi connectivity index (χ0v) is 9.48. The highest BCUT2D eigenvalue weighted by atomic mass is 14.9. The van der Waals surface area contributed by atoms with E-state index < -0.39 is 0 Å². The Bertz CT molecular complexity index is 589. The summed E-state index contributed by atoms with van der Waals surface area (Å²) in [5.74, 6) is 0.543. The first kappa shape index (κ1) is 10.2. The molecule has 3 rings (SSSR count). The lowest BCUT2D eigenvalue weighted by Gasteiger charge is -2.15. The zero-order valence-electron chi connectivity index (χ0n) is 9.48. The van der Waals surface area contributed by atoms with Crippen LogP contribution in [0.15, 0.2) is 30.6 Å². The van der Waals surface area contributed by atoms with E-state index in [0.717, 1.165) is 30.4 Å². The molecule has 4 nitrogen and oxygen atoms in total. The molecule has 4 heteroatoms. The predicted octanol–water partition coefficient (Wildman–Crippen LogP) is 1.59. The quantitative estimate of drug-likeness (QED) is 0.775. The summed E-state index contributed by atoms with van der Waals surface area (Å²) >= 11 is 0. The van der Waals surface area contributed by atoms with Gasteiger partial charge in [-0.1, -0.05) is 12.1 Å². The molecule has 0 radical (unpaired) electrons. The van der Waals surface area contributed by atoms with Crippen LogP contribution in [-0.4, -0.2) is 23.1 Å². The molecule has 0 bridgehead atoms. The van der Waals surface area contributed by atoms with Crippen LogP contribution in [-0.2, 0) is 0 Å². The number of rotatable bonds is 1. The van der Waals surface area contributed by atoms with Crippen LogP contribution in [0.1, 0.15) is 12.0 Å². The van der Waals surface area contributed by atoms with Gasteiger partial charge in [0, 0.05) is 11.9 Å². The second kappa shape index (κ2) is 4.14. The summed E-state index contributed by atoms with van der Waals surface area (Å²) in [5.41, 5.74) is 9.28. The second-order valence-corrected chi connectivity index (χ2v) is 4.19. The van der Waals surface area contributed by atoms with Gasteiger partial charge in [-0.15, -0.1) is 0 Å². The van der Waals surface area contributed by atoms with Crippen LogP contribution < -0.4 is 11.1 Å². The van der Waals surface area contributed by atoms with E-state index in [1.165, 1.54) is 17.5 Å². The number of hydrogen-bond acceptors (Lipinski definition) is 4. The molecule has 1 aliphatic heterocycles. The van der Waals surface area contributed by atoms with Crippen molar-refractivity contribution in [3.05, 3.63) is 36.2 Å². The Balaban J connectivity index is 2.12. The van der Waals surface area contributed by atoms with Crippen molar-refractivity contribution in [2.24, 2.45) is 0 Å². The minimum Gasteiger partial charge on any atom is -0.383 e. The molecule has 3 N–H and O–H groups in total. The highest BCUT2D eigenvalue weighted by molar-refractivity contribution is 5.90. The Labute approximate surface area is 99.6 Å². The molecule has 0 saturated heterocycles. The van der Waals surface area contributed by atoms with Gasteiger partial charge >= 0.3 is 0 Å². The normalized spacial score (nSPS) is 15.9. The number of fused-ring (bicyclic) bond motifs is 1. The van der Waals surface area contributed by atoms with E-state index in [2.05, 4.69) is 33.5 Å². The first-order valence-corrected chi connectivity index (χ1v) is 5.75. The lowest BCUT2D eigenvalue weighted by molar-refractivity contribution is 0.739. The third-order valence-corrected chi connectivity index (χ3v) is 3.06. The van der Waals surface area contributed by atoms with Gasteiger partial charge in [-0.3, -0.25) is 0 Å². The van der Waals surface area contributed by atoms with Gasteiger partial charge in [-0.2, -0.15) is 0 Å². The average molecular weight is 226 g/mol. The minimum absolute atomic E-state index is 0.543. The van der Waals surface area contributed by atoms with E-state index >= 15 is 0 Å². The summed E-state index contributed by atoms with van der Waals surface area (Å²) in [6.07, 6.45) is 4.85. The fourth-order valence-corrected chi connectivity index (χ4v) is 2.14. The number of nitrogen functional groups attached to an aromatic ring is 1. The highest BCUT2D eigenvalue weighted by Gasteiger charge is 2.07. The van der Waals surface area contributed by atoms with E-state index in [-0.39, 0.29) is 0 Å². The van der Waals surface area contributed by atoms with E-state index in [1.807, 2.05) is 6.07 Å². The van der Waals surface area contributed by atoms with Gasteiger partial charge in [0.15, 0.2) is 0 Å². The van der Waals surface area contributed by atoms with E-state index in [9.17, 15) is 0 Å². The molecule has 86 valence electrons. The average Bonchev–Trinajstić information content (AvgIpc) is 2.40. The van der Waals surface area contributed by atoms with Gasteiger partial charge in [0.25, 0.3) is 0 Å². The molecule has 2 aromatic rings. The van der Waals surface area contributed by atoms with Crippen molar-refractivity contribution in [3.63, 3.8) is 0 Å². The topological polar surface area (TPSA) is 63.8 Å². The fourth-order valence-electron chi connectivity index (χ4n) is 2.14. The van der Waals surface area contributed by atoms with Crippen LogP contribution in [0.2, 0.25) is 0 Å². The summed E-state index contributed by atoms with van der Waals surface area (Å²) in [6.45, 7) is 1.97. The van der Waals surface area contributed by atoms with Crippen molar-refractivity contribution >= 4 is 22.3 Å². The van der Waals surface area contributed by atoms with Crippen molar-refractivity contribution in [2.45, 2.75) is 6.42 Å². The van der Waals surface area contributed by atoms with Gasteiger partial charge < -0.3 is 11.1 Å². The molecule has 1 aliphatic rings. The first-order chi connectivity index (χ1) is 8.34. The predicted molar refractivity (Wildman–Crippen MR) is 69.4 cm³/mol. The molecule has 2 heterocycles. The Morgan fingerprint density at radius 3 is 3.00 bits per heavy atom. The van der Waals surface area contributed by atoms with E-state index in [1.54, 1.807) is 0 Å². The standard InChI is InChI=1S/C13H14N4/c14-13-11-6-9(10-2-1-5-15-7-10)3-4-12(11)16-8-17-13/h2-4,6,8,15H,1,5,7H2,(H2,14,16,17). The van der Waals surface area contributed by atoms with E-state index in [4.69, 9.17) is 5.73 Å². The maximum Gasteiger partial charge on any atom is 0.134 e. The highest BCUT2D eigenvalue weighted by Crippen LogP contribution is 2.23. The van der Waals surface area contributed by atoms with Crippen LogP contribution in [0.3, 0.4) is 0 Å². The number of aromatic nitrogens is 2. The second-order valence-electron chi connectivity index (χ2n) is 4.19. The Hall–Kier alpha value is -1.94.